The second kappa shape index (κ2) is 8.33. The first-order valence-corrected chi connectivity index (χ1v) is 12.7. The monoisotopic (exact) mass is 418 g/mol. The van der Waals surface area contributed by atoms with Crippen molar-refractivity contribution in [2.24, 2.45) is 0 Å². The molecule has 7 heteroatoms. The van der Waals surface area contributed by atoms with E-state index in [9.17, 15) is 13.2 Å². The van der Waals surface area contributed by atoms with Crippen molar-refractivity contribution in [1.29, 1.82) is 0 Å². The number of benzene rings is 1. The zero-order valence-corrected chi connectivity index (χ0v) is 17.6. The minimum atomic E-state index is -3.02. The molecule has 2 heterocycles. The van der Waals surface area contributed by atoms with E-state index in [0.29, 0.717) is 6.42 Å². The van der Waals surface area contributed by atoms with Crippen LogP contribution in [-0.4, -0.2) is 47.8 Å². The Balaban J connectivity index is 1.51. The molecule has 0 bridgehead atoms. The van der Waals surface area contributed by atoms with E-state index in [1.54, 1.807) is 11.3 Å². The van der Waals surface area contributed by atoms with Crippen LogP contribution in [0.25, 0.3) is 10.6 Å². The van der Waals surface area contributed by atoms with Crippen molar-refractivity contribution < 1.29 is 13.2 Å². The lowest BCUT2D eigenvalue weighted by Crippen LogP contribution is -2.49. The lowest BCUT2D eigenvalue weighted by Gasteiger charge is -2.38. The summed E-state index contributed by atoms with van der Waals surface area (Å²) in [5.74, 6) is 0.337. The first kappa shape index (κ1) is 19.6. The molecule has 0 radical (unpaired) electrons. The molecule has 1 saturated heterocycles. The van der Waals surface area contributed by atoms with Crippen LogP contribution in [0.5, 0.6) is 0 Å². The van der Waals surface area contributed by atoms with E-state index in [2.05, 4.69) is 4.98 Å². The van der Waals surface area contributed by atoms with Gasteiger partial charge in [0, 0.05) is 23.0 Å². The maximum atomic E-state index is 13.3. The van der Waals surface area contributed by atoms with Gasteiger partial charge in [-0.15, -0.1) is 11.3 Å². The number of hydrogen-bond donors (Lipinski definition) is 0. The van der Waals surface area contributed by atoms with E-state index in [1.165, 1.54) is 6.42 Å². The summed E-state index contributed by atoms with van der Waals surface area (Å²) in [6.45, 7) is 0. The molecule has 1 unspecified atom stereocenters. The van der Waals surface area contributed by atoms with Crippen molar-refractivity contribution in [3.63, 3.8) is 0 Å². The molecule has 28 heavy (non-hydrogen) atoms. The van der Waals surface area contributed by atoms with Gasteiger partial charge in [0.25, 0.3) is 0 Å². The average Bonchev–Trinajstić information content (AvgIpc) is 3.30. The molecule has 1 amide bonds. The Labute approximate surface area is 170 Å². The molecule has 150 valence electrons. The van der Waals surface area contributed by atoms with Crippen molar-refractivity contribution >= 4 is 27.1 Å². The number of amides is 1. The number of nitrogens with zero attached hydrogens (tertiary/aromatic N) is 2. The molecular weight excluding hydrogens is 392 g/mol. The fraction of sp³-hybridized carbons (Fsp3) is 0.524. The van der Waals surface area contributed by atoms with E-state index < -0.39 is 9.84 Å². The number of rotatable bonds is 5. The molecule has 2 fully saturated rings. The SMILES string of the molecule is O=C(Cc1csc(-c2ccccc2)n1)N(C1CCCCC1)C1CCS(=O)(=O)C1. The average molecular weight is 419 g/mol. The molecular formula is C21H26N2O3S2. The summed E-state index contributed by atoms with van der Waals surface area (Å²) in [5, 5.41) is 2.86. The van der Waals surface area contributed by atoms with Gasteiger partial charge in [-0.05, 0) is 19.3 Å². The van der Waals surface area contributed by atoms with Gasteiger partial charge in [-0.25, -0.2) is 13.4 Å². The Bertz CT molecular complexity index is 918. The number of carbonyl (C=O) groups is 1. The van der Waals surface area contributed by atoms with Crippen LogP contribution in [0.3, 0.4) is 0 Å². The third-order valence-corrected chi connectivity index (χ3v) is 8.45. The number of hydrogen-bond acceptors (Lipinski definition) is 5. The topological polar surface area (TPSA) is 67.3 Å². The fourth-order valence-electron chi connectivity index (χ4n) is 4.41. The summed E-state index contributed by atoms with van der Waals surface area (Å²) in [4.78, 5) is 19.8. The van der Waals surface area contributed by atoms with Gasteiger partial charge < -0.3 is 4.90 Å². The predicted molar refractivity (Wildman–Crippen MR) is 112 cm³/mol. The van der Waals surface area contributed by atoms with Crippen LogP contribution in [0.4, 0.5) is 0 Å². The maximum absolute atomic E-state index is 13.3. The molecule has 0 N–H and O–H groups in total. The van der Waals surface area contributed by atoms with Gasteiger partial charge >= 0.3 is 0 Å². The summed E-state index contributed by atoms with van der Waals surface area (Å²) in [6, 6.07) is 9.96. The first-order valence-electron chi connectivity index (χ1n) is 10.0. The Morgan fingerprint density at radius 2 is 1.82 bits per heavy atom. The number of aromatic nitrogens is 1. The first-order chi connectivity index (χ1) is 13.5. The highest BCUT2D eigenvalue weighted by Gasteiger charge is 2.38. The predicted octanol–water partition coefficient (Wildman–Crippen LogP) is 3.70. The van der Waals surface area contributed by atoms with Crippen molar-refractivity contribution in [1.82, 2.24) is 9.88 Å². The lowest BCUT2D eigenvalue weighted by molar-refractivity contribution is -0.135. The Hall–Kier alpha value is -1.73. The normalized spacial score (nSPS) is 22.2. The molecule has 1 saturated carbocycles. The standard InChI is InChI=1S/C21H26N2O3S2/c24-20(13-17-14-27-21(22-17)16-7-3-1-4-8-16)23(18-9-5-2-6-10-18)19-11-12-28(25,26)15-19/h1,3-4,7-8,14,18-19H,2,5-6,9-13,15H2. The molecule has 4 rings (SSSR count). The summed E-state index contributed by atoms with van der Waals surface area (Å²) in [7, 11) is -3.02. The van der Waals surface area contributed by atoms with Crippen LogP contribution in [0.15, 0.2) is 35.7 Å². The van der Waals surface area contributed by atoms with Gasteiger partial charge in [-0.1, -0.05) is 49.6 Å². The molecule has 2 aliphatic rings. The highest BCUT2D eigenvalue weighted by atomic mass is 32.2. The summed E-state index contributed by atoms with van der Waals surface area (Å²) in [5.41, 5.74) is 1.83. The second-order valence-electron chi connectivity index (χ2n) is 7.84. The smallest absolute Gasteiger partial charge is 0.229 e. The highest BCUT2D eigenvalue weighted by Crippen LogP contribution is 2.30. The largest absolute Gasteiger partial charge is 0.335 e. The van der Waals surface area contributed by atoms with E-state index in [0.717, 1.165) is 41.9 Å². The van der Waals surface area contributed by atoms with E-state index >= 15 is 0 Å². The Morgan fingerprint density at radius 1 is 1.07 bits per heavy atom. The Morgan fingerprint density at radius 3 is 2.50 bits per heavy atom. The Kier molecular flexibility index (Phi) is 5.83. The van der Waals surface area contributed by atoms with Crippen LogP contribution in [0, 0.1) is 0 Å². The lowest BCUT2D eigenvalue weighted by atomic mass is 9.92. The minimum Gasteiger partial charge on any atom is -0.335 e. The quantitative estimate of drug-likeness (QED) is 0.742. The van der Waals surface area contributed by atoms with Gasteiger partial charge in [-0.3, -0.25) is 4.79 Å². The van der Waals surface area contributed by atoms with Crippen LogP contribution in [0.2, 0.25) is 0 Å². The van der Waals surface area contributed by atoms with Crippen molar-refractivity contribution in [2.45, 2.75) is 57.0 Å². The van der Waals surface area contributed by atoms with Gasteiger partial charge in [-0.2, -0.15) is 0 Å². The molecule has 1 aliphatic carbocycles. The number of thiazole rings is 1. The van der Waals surface area contributed by atoms with Gasteiger partial charge in [0.05, 0.1) is 23.6 Å². The zero-order chi connectivity index (χ0) is 19.6. The molecule has 1 aromatic carbocycles. The molecule has 5 nitrogen and oxygen atoms in total. The third kappa shape index (κ3) is 4.46. The van der Waals surface area contributed by atoms with Crippen LogP contribution in [-0.2, 0) is 21.1 Å². The molecule has 1 aliphatic heterocycles. The van der Waals surface area contributed by atoms with Gasteiger partial charge in [0.2, 0.25) is 5.91 Å². The van der Waals surface area contributed by atoms with Crippen LogP contribution in [0.1, 0.15) is 44.2 Å². The van der Waals surface area contributed by atoms with Crippen LogP contribution < -0.4 is 0 Å². The molecule has 0 spiro atoms. The number of carbonyl (C=O) groups excluding carboxylic acids is 1. The van der Waals surface area contributed by atoms with Crippen LogP contribution >= 0.6 is 11.3 Å². The summed E-state index contributed by atoms with van der Waals surface area (Å²) < 4.78 is 24.0. The molecule has 1 atom stereocenters. The fourth-order valence-corrected chi connectivity index (χ4v) is 6.94. The summed E-state index contributed by atoms with van der Waals surface area (Å²) >= 11 is 1.55. The van der Waals surface area contributed by atoms with Crippen molar-refractivity contribution in [3.05, 3.63) is 41.4 Å². The third-order valence-electron chi connectivity index (χ3n) is 5.76. The van der Waals surface area contributed by atoms with Crippen molar-refractivity contribution in [2.75, 3.05) is 11.5 Å². The van der Waals surface area contributed by atoms with E-state index in [-0.39, 0.29) is 35.9 Å². The second-order valence-corrected chi connectivity index (χ2v) is 10.9. The van der Waals surface area contributed by atoms with Crippen molar-refractivity contribution in [3.8, 4) is 10.6 Å². The maximum Gasteiger partial charge on any atom is 0.229 e. The minimum absolute atomic E-state index is 0.0268. The summed E-state index contributed by atoms with van der Waals surface area (Å²) in [6.07, 6.45) is 6.20. The van der Waals surface area contributed by atoms with E-state index in [4.69, 9.17) is 0 Å². The van der Waals surface area contributed by atoms with Gasteiger partial charge in [0.15, 0.2) is 9.84 Å². The molecule has 1 aromatic heterocycles. The zero-order valence-electron chi connectivity index (χ0n) is 15.9. The number of sulfone groups is 1. The van der Waals surface area contributed by atoms with Gasteiger partial charge in [0.1, 0.15) is 5.01 Å². The molecule has 2 aromatic rings. The van der Waals surface area contributed by atoms with E-state index in [1.807, 2.05) is 40.6 Å². The highest BCUT2D eigenvalue weighted by molar-refractivity contribution is 7.91.